The molecule has 0 spiro atoms. The Kier molecular flexibility index (Phi) is 2.90. The summed E-state index contributed by atoms with van der Waals surface area (Å²) in [6, 6.07) is 20.3. The third-order valence-corrected chi connectivity index (χ3v) is 4.80. The molecule has 2 heterocycles. The van der Waals surface area contributed by atoms with Crippen LogP contribution in [0.15, 0.2) is 69.8 Å². The van der Waals surface area contributed by atoms with Gasteiger partial charge in [0, 0.05) is 26.2 Å². The van der Waals surface area contributed by atoms with Gasteiger partial charge >= 0.3 is 0 Å². The van der Waals surface area contributed by atoms with E-state index in [2.05, 4.69) is 44.4 Å². The van der Waals surface area contributed by atoms with Crippen molar-refractivity contribution in [3.05, 3.63) is 65.1 Å². The zero-order valence-electron chi connectivity index (χ0n) is 12.4. The third-order valence-electron chi connectivity index (χ3n) is 4.20. The maximum atomic E-state index is 5.00. The first-order valence-corrected chi connectivity index (χ1v) is 8.31. The first-order valence-electron chi connectivity index (χ1n) is 7.51. The fourth-order valence-corrected chi connectivity index (χ4v) is 3.63. The van der Waals surface area contributed by atoms with E-state index in [1.165, 1.54) is 0 Å². The second-order valence-corrected chi connectivity index (χ2v) is 6.44. The van der Waals surface area contributed by atoms with E-state index >= 15 is 0 Å². The van der Waals surface area contributed by atoms with Crippen LogP contribution in [0.4, 0.5) is 0 Å². The van der Waals surface area contributed by atoms with Crippen molar-refractivity contribution < 1.29 is 4.63 Å². The van der Waals surface area contributed by atoms with E-state index in [9.17, 15) is 0 Å². The third kappa shape index (κ3) is 1.88. The fraction of sp³-hybridized carbons (Fsp3) is 0. The molecule has 0 amide bonds. The van der Waals surface area contributed by atoms with Gasteiger partial charge in [0.15, 0.2) is 0 Å². The summed E-state index contributed by atoms with van der Waals surface area (Å²) in [6.45, 7) is 0. The predicted octanol–water partition coefficient (Wildman–Crippen LogP) is 5.35. The second-order valence-electron chi connectivity index (χ2n) is 5.59. The van der Waals surface area contributed by atoms with E-state index in [-0.39, 0.29) is 0 Å². The van der Waals surface area contributed by atoms with Crippen LogP contribution in [0.2, 0.25) is 0 Å². The van der Waals surface area contributed by atoms with Crippen molar-refractivity contribution in [3.8, 4) is 11.3 Å². The molecule has 0 aliphatic heterocycles. The van der Waals surface area contributed by atoms with E-state index in [1.54, 1.807) is 0 Å². The standard InChI is InChI=1S/C19H10BrN3O/c20-14-10-13-16(19-18(14)22-24-23-19)12-8-4-5-9-15(12)21-17(13)11-6-2-1-3-7-11/h1-10H. The average molecular weight is 376 g/mol. The number of para-hydroxylation sites is 1. The molecule has 0 saturated heterocycles. The Morgan fingerprint density at radius 3 is 2.42 bits per heavy atom. The summed E-state index contributed by atoms with van der Waals surface area (Å²) in [7, 11) is 0. The van der Waals surface area contributed by atoms with Gasteiger partial charge in [-0.15, -0.1) is 0 Å². The summed E-state index contributed by atoms with van der Waals surface area (Å²) in [5.41, 5.74) is 4.38. The zero-order valence-corrected chi connectivity index (χ0v) is 14.0. The molecule has 5 rings (SSSR count). The van der Waals surface area contributed by atoms with Gasteiger partial charge in [-0.3, -0.25) is 0 Å². The van der Waals surface area contributed by atoms with Gasteiger partial charge in [0.05, 0.1) is 11.2 Å². The van der Waals surface area contributed by atoms with Crippen LogP contribution < -0.4 is 0 Å². The number of hydrogen-bond acceptors (Lipinski definition) is 4. The van der Waals surface area contributed by atoms with Gasteiger partial charge in [-0.05, 0) is 38.4 Å². The number of fused-ring (bicyclic) bond motifs is 5. The first kappa shape index (κ1) is 13.6. The van der Waals surface area contributed by atoms with Gasteiger partial charge < -0.3 is 0 Å². The van der Waals surface area contributed by atoms with Crippen LogP contribution in [0.25, 0.3) is 44.0 Å². The number of halogens is 1. The van der Waals surface area contributed by atoms with Gasteiger partial charge in [-0.25, -0.2) is 9.61 Å². The predicted molar refractivity (Wildman–Crippen MR) is 97.7 cm³/mol. The fourth-order valence-electron chi connectivity index (χ4n) is 3.14. The van der Waals surface area contributed by atoms with E-state index in [4.69, 9.17) is 9.61 Å². The number of hydrogen-bond donors (Lipinski definition) is 0. The highest BCUT2D eigenvalue weighted by atomic mass is 79.9. The largest absolute Gasteiger partial charge is 0.247 e. The van der Waals surface area contributed by atoms with Crippen molar-refractivity contribution >= 4 is 48.6 Å². The number of nitrogens with zero attached hydrogens (tertiary/aromatic N) is 3. The second kappa shape index (κ2) is 5.11. The van der Waals surface area contributed by atoms with Crippen LogP contribution in [0.1, 0.15) is 0 Å². The molecule has 0 saturated carbocycles. The summed E-state index contributed by atoms with van der Waals surface area (Å²) >= 11 is 3.58. The Balaban J connectivity index is 2.08. The minimum atomic E-state index is 0.720. The molecule has 0 aliphatic rings. The van der Waals surface area contributed by atoms with E-state index in [0.29, 0.717) is 0 Å². The van der Waals surface area contributed by atoms with Gasteiger partial charge in [-0.1, -0.05) is 48.5 Å². The average Bonchev–Trinajstić information content (AvgIpc) is 3.12. The SMILES string of the molecule is Brc1cc2c(-c3ccccc3)nc3ccccc3c2c2nonc12. The molecular weight excluding hydrogens is 366 g/mol. The molecule has 0 radical (unpaired) electrons. The lowest BCUT2D eigenvalue weighted by Crippen LogP contribution is -1.91. The van der Waals surface area contributed by atoms with Crippen molar-refractivity contribution in [2.24, 2.45) is 0 Å². The van der Waals surface area contributed by atoms with Gasteiger partial charge in [0.2, 0.25) is 0 Å². The van der Waals surface area contributed by atoms with Gasteiger partial charge in [0.1, 0.15) is 11.0 Å². The van der Waals surface area contributed by atoms with Crippen molar-refractivity contribution in [1.82, 2.24) is 15.3 Å². The lowest BCUT2D eigenvalue weighted by atomic mass is 9.99. The van der Waals surface area contributed by atoms with E-state index in [0.717, 1.165) is 48.4 Å². The van der Waals surface area contributed by atoms with Crippen LogP contribution in [0, 0.1) is 0 Å². The molecule has 2 aromatic heterocycles. The topological polar surface area (TPSA) is 51.8 Å². The van der Waals surface area contributed by atoms with Crippen molar-refractivity contribution in [2.75, 3.05) is 0 Å². The van der Waals surface area contributed by atoms with E-state index in [1.807, 2.05) is 42.5 Å². The van der Waals surface area contributed by atoms with Crippen molar-refractivity contribution in [3.63, 3.8) is 0 Å². The summed E-state index contributed by atoms with van der Waals surface area (Å²) in [4.78, 5) is 4.91. The van der Waals surface area contributed by atoms with Crippen LogP contribution in [0.5, 0.6) is 0 Å². The number of pyridine rings is 1. The lowest BCUT2D eigenvalue weighted by molar-refractivity contribution is 0.315. The maximum absolute atomic E-state index is 5.00. The lowest BCUT2D eigenvalue weighted by Gasteiger charge is -2.10. The molecule has 4 nitrogen and oxygen atoms in total. The molecule has 0 unspecified atom stereocenters. The van der Waals surface area contributed by atoms with Crippen LogP contribution in [0.3, 0.4) is 0 Å². The molecule has 0 bridgehead atoms. The van der Waals surface area contributed by atoms with Gasteiger partial charge in [0.25, 0.3) is 0 Å². The highest BCUT2D eigenvalue weighted by molar-refractivity contribution is 9.10. The Hall–Kier alpha value is -2.79. The van der Waals surface area contributed by atoms with Crippen LogP contribution >= 0.6 is 15.9 Å². The molecule has 5 aromatic rings. The normalized spacial score (nSPS) is 11.5. The number of benzene rings is 3. The van der Waals surface area contributed by atoms with Crippen LogP contribution in [-0.2, 0) is 0 Å². The quantitative estimate of drug-likeness (QED) is 0.370. The number of aromatic nitrogens is 3. The van der Waals surface area contributed by atoms with Crippen molar-refractivity contribution in [1.29, 1.82) is 0 Å². The first-order chi connectivity index (χ1) is 11.8. The Bertz CT molecular complexity index is 1220. The van der Waals surface area contributed by atoms with Crippen molar-refractivity contribution in [2.45, 2.75) is 0 Å². The van der Waals surface area contributed by atoms with E-state index < -0.39 is 0 Å². The molecule has 24 heavy (non-hydrogen) atoms. The number of rotatable bonds is 1. The molecular formula is C19H10BrN3O. The van der Waals surface area contributed by atoms with Crippen LogP contribution in [-0.4, -0.2) is 15.3 Å². The maximum Gasteiger partial charge on any atom is 0.150 e. The molecule has 114 valence electrons. The Labute approximate surface area is 145 Å². The highest BCUT2D eigenvalue weighted by Gasteiger charge is 2.17. The smallest absolute Gasteiger partial charge is 0.150 e. The minimum absolute atomic E-state index is 0.720. The molecule has 0 aliphatic carbocycles. The molecule has 0 N–H and O–H groups in total. The highest BCUT2D eigenvalue weighted by Crippen LogP contribution is 2.38. The summed E-state index contributed by atoms with van der Waals surface area (Å²) in [6.07, 6.45) is 0. The molecule has 5 heteroatoms. The molecule has 0 atom stereocenters. The monoisotopic (exact) mass is 375 g/mol. The molecule has 0 fully saturated rings. The minimum Gasteiger partial charge on any atom is -0.247 e. The summed E-state index contributed by atoms with van der Waals surface area (Å²) < 4.78 is 5.85. The molecule has 3 aromatic carbocycles. The summed E-state index contributed by atoms with van der Waals surface area (Å²) in [5.74, 6) is 0. The zero-order chi connectivity index (χ0) is 16.1. The summed E-state index contributed by atoms with van der Waals surface area (Å²) in [5, 5.41) is 11.3. The van der Waals surface area contributed by atoms with Gasteiger partial charge in [-0.2, -0.15) is 0 Å². The Morgan fingerprint density at radius 1 is 0.792 bits per heavy atom. The Morgan fingerprint density at radius 2 is 1.54 bits per heavy atom.